The van der Waals surface area contributed by atoms with E-state index in [0.29, 0.717) is 34.2 Å². The standard InChI is InChI=1S/C23H24N2O5/c1-4-12(2)19(23(29)30)25-21(27)13(3)24-22(28)17-11-7-10-16-18(17)14-8-5-6-9-15(14)20(16)26/h5-13,19H,4H2,1-3H3,(H,24,28)(H,25,27)(H,29,30)/t12-,13-,19-/m0/s1. The van der Waals surface area contributed by atoms with Crippen molar-refractivity contribution in [1.82, 2.24) is 10.6 Å². The third kappa shape index (κ3) is 3.83. The van der Waals surface area contributed by atoms with E-state index in [-0.39, 0.29) is 11.7 Å². The number of carboxylic acids is 1. The van der Waals surface area contributed by atoms with Gasteiger partial charge in [-0.1, -0.05) is 56.7 Å². The summed E-state index contributed by atoms with van der Waals surface area (Å²) in [4.78, 5) is 49.5. The highest BCUT2D eigenvalue weighted by Crippen LogP contribution is 2.38. The highest BCUT2D eigenvalue weighted by atomic mass is 16.4. The van der Waals surface area contributed by atoms with Gasteiger partial charge in [0.1, 0.15) is 12.1 Å². The van der Waals surface area contributed by atoms with Crippen LogP contribution in [0.4, 0.5) is 0 Å². The summed E-state index contributed by atoms with van der Waals surface area (Å²) < 4.78 is 0. The quantitative estimate of drug-likeness (QED) is 0.556. The Bertz CT molecular complexity index is 1030. The van der Waals surface area contributed by atoms with E-state index in [1.54, 1.807) is 49.4 Å². The molecule has 0 spiro atoms. The van der Waals surface area contributed by atoms with Crippen molar-refractivity contribution in [3.8, 4) is 11.1 Å². The van der Waals surface area contributed by atoms with E-state index in [9.17, 15) is 24.3 Å². The van der Waals surface area contributed by atoms with Crippen LogP contribution in [0, 0.1) is 5.92 Å². The topological polar surface area (TPSA) is 113 Å². The van der Waals surface area contributed by atoms with Gasteiger partial charge in [0.15, 0.2) is 5.78 Å². The lowest BCUT2D eigenvalue weighted by Gasteiger charge is -2.23. The number of ketones is 1. The number of aliphatic carboxylic acids is 1. The van der Waals surface area contributed by atoms with Crippen LogP contribution in [-0.4, -0.2) is 40.8 Å². The average molecular weight is 408 g/mol. The molecule has 7 heteroatoms. The first kappa shape index (κ1) is 21.2. The van der Waals surface area contributed by atoms with Crippen molar-refractivity contribution in [3.63, 3.8) is 0 Å². The zero-order chi connectivity index (χ0) is 22.0. The normalized spacial score (nSPS) is 14.8. The molecule has 0 saturated heterocycles. The van der Waals surface area contributed by atoms with Crippen LogP contribution in [0.15, 0.2) is 42.5 Å². The Morgan fingerprint density at radius 1 is 0.933 bits per heavy atom. The molecule has 0 bridgehead atoms. The number of nitrogens with one attached hydrogen (secondary N) is 2. The highest BCUT2D eigenvalue weighted by molar-refractivity contribution is 6.24. The molecule has 1 aliphatic rings. The molecule has 0 aromatic heterocycles. The molecule has 0 unspecified atom stereocenters. The zero-order valence-corrected chi connectivity index (χ0v) is 17.1. The molecule has 0 heterocycles. The fraction of sp³-hybridized carbons (Fsp3) is 0.304. The predicted molar refractivity (Wildman–Crippen MR) is 111 cm³/mol. The largest absolute Gasteiger partial charge is 0.480 e. The smallest absolute Gasteiger partial charge is 0.326 e. The maximum atomic E-state index is 12.9. The Morgan fingerprint density at radius 2 is 1.57 bits per heavy atom. The molecule has 1 aliphatic carbocycles. The van der Waals surface area contributed by atoms with Gasteiger partial charge in [0.05, 0.1) is 0 Å². The number of carbonyl (C=O) groups is 4. The predicted octanol–water partition coefficient (Wildman–Crippen LogP) is 2.63. The highest BCUT2D eigenvalue weighted by Gasteiger charge is 2.32. The summed E-state index contributed by atoms with van der Waals surface area (Å²) in [5, 5.41) is 14.5. The second-order valence-electron chi connectivity index (χ2n) is 7.51. The van der Waals surface area contributed by atoms with E-state index < -0.39 is 29.9 Å². The van der Waals surface area contributed by atoms with Crippen molar-refractivity contribution >= 4 is 23.6 Å². The van der Waals surface area contributed by atoms with Crippen LogP contribution in [0.3, 0.4) is 0 Å². The first-order valence-electron chi connectivity index (χ1n) is 9.87. The fourth-order valence-electron chi connectivity index (χ4n) is 3.57. The molecule has 3 rings (SSSR count). The maximum Gasteiger partial charge on any atom is 0.326 e. The summed E-state index contributed by atoms with van der Waals surface area (Å²) in [7, 11) is 0. The van der Waals surface area contributed by atoms with Crippen LogP contribution in [0.1, 0.15) is 53.5 Å². The van der Waals surface area contributed by atoms with Gasteiger partial charge in [-0.15, -0.1) is 0 Å². The lowest BCUT2D eigenvalue weighted by molar-refractivity contribution is -0.143. The number of hydrogen-bond donors (Lipinski definition) is 3. The molecular weight excluding hydrogens is 384 g/mol. The van der Waals surface area contributed by atoms with E-state index in [0.717, 1.165) is 0 Å². The summed E-state index contributed by atoms with van der Waals surface area (Å²) >= 11 is 0. The Labute approximate surface area is 174 Å². The van der Waals surface area contributed by atoms with Crippen LogP contribution in [0.5, 0.6) is 0 Å². The molecule has 0 saturated carbocycles. The van der Waals surface area contributed by atoms with Crippen molar-refractivity contribution in [2.75, 3.05) is 0 Å². The van der Waals surface area contributed by atoms with E-state index in [1.165, 1.54) is 6.92 Å². The van der Waals surface area contributed by atoms with Gasteiger partial charge < -0.3 is 15.7 Å². The monoisotopic (exact) mass is 408 g/mol. The molecule has 0 fully saturated rings. The fourth-order valence-corrected chi connectivity index (χ4v) is 3.57. The number of hydrogen-bond acceptors (Lipinski definition) is 4. The van der Waals surface area contributed by atoms with Crippen LogP contribution in [0.2, 0.25) is 0 Å². The van der Waals surface area contributed by atoms with Crippen molar-refractivity contribution in [2.24, 2.45) is 5.92 Å². The number of carbonyl (C=O) groups excluding carboxylic acids is 3. The molecule has 0 radical (unpaired) electrons. The van der Waals surface area contributed by atoms with Gasteiger partial charge in [-0.2, -0.15) is 0 Å². The van der Waals surface area contributed by atoms with Crippen molar-refractivity contribution < 1.29 is 24.3 Å². The average Bonchev–Trinajstić information content (AvgIpc) is 3.03. The molecule has 156 valence electrons. The molecule has 30 heavy (non-hydrogen) atoms. The van der Waals surface area contributed by atoms with Crippen LogP contribution in [0.25, 0.3) is 11.1 Å². The minimum Gasteiger partial charge on any atom is -0.480 e. The number of carboxylic acid groups (broad SMARTS) is 1. The van der Waals surface area contributed by atoms with Gasteiger partial charge in [0.25, 0.3) is 5.91 Å². The zero-order valence-electron chi connectivity index (χ0n) is 17.1. The summed E-state index contributed by atoms with van der Waals surface area (Å²) in [6.45, 7) is 5.07. The number of benzene rings is 2. The molecule has 2 aromatic rings. The minimum absolute atomic E-state index is 0.140. The second kappa shape index (κ2) is 8.49. The Balaban J connectivity index is 1.81. The summed E-state index contributed by atoms with van der Waals surface area (Å²) in [6, 6.07) is 10.00. The maximum absolute atomic E-state index is 12.9. The Kier molecular flexibility index (Phi) is 6.01. The van der Waals surface area contributed by atoms with Gasteiger partial charge in [-0.25, -0.2) is 4.79 Å². The first-order valence-corrected chi connectivity index (χ1v) is 9.87. The van der Waals surface area contributed by atoms with Crippen LogP contribution >= 0.6 is 0 Å². The van der Waals surface area contributed by atoms with Gasteiger partial charge in [0.2, 0.25) is 5.91 Å². The first-order chi connectivity index (χ1) is 14.3. The molecule has 2 aromatic carbocycles. The molecule has 0 aliphatic heterocycles. The van der Waals surface area contributed by atoms with Gasteiger partial charge in [-0.3, -0.25) is 14.4 Å². The van der Waals surface area contributed by atoms with Gasteiger partial charge in [-0.05, 0) is 24.5 Å². The lowest BCUT2D eigenvalue weighted by atomic mass is 9.98. The van der Waals surface area contributed by atoms with Gasteiger partial charge >= 0.3 is 5.97 Å². The second-order valence-corrected chi connectivity index (χ2v) is 7.51. The number of fused-ring (bicyclic) bond motifs is 3. The third-order valence-corrected chi connectivity index (χ3v) is 5.51. The molecule has 2 amide bonds. The lowest BCUT2D eigenvalue weighted by Crippen LogP contribution is -2.52. The minimum atomic E-state index is -1.12. The van der Waals surface area contributed by atoms with Crippen molar-refractivity contribution in [1.29, 1.82) is 0 Å². The van der Waals surface area contributed by atoms with Crippen molar-refractivity contribution in [2.45, 2.75) is 39.3 Å². The van der Waals surface area contributed by atoms with Crippen LogP contribution in [-0.2, 0) is 9.59 Å². The molecule has 3 atom stereocenters. The number of amides is 2. The molecule has 3 N–H and O–H groups in total. The summed E-state index contributed by atoms with van der Waals surface area (Å²) in [6.07, 6.45) is 0.585. The van der Waals surface area contributed by atoms with Crippen LogP contribution < -0.4 is 10.6 Å². The summed E-state index contributed by atoms with van der Waals surface area (Å²) in [5.74, 6) is -2.60. The summed E-state index contributed by atoms with van der Waals surface area (Å²) in [5.41, 5.74) is 2.51. The van der Waals surface area contributed by atoms with E-state index >= 15 is 0 Å². The van der Waals surface area contributed by atoms with Gasteiger partial charge in [0, 0.05) is 22.3 Å². The molecule has 7 nitrogen and oxygen atoms in total. The van der Waals surface area contributed by atoms with E-state index in [2.05, 4.69) is 10.6 Å². The number of rotatable bonds is 7. The van der Waals surface area contributed by atoms with E-state index in [1.807, 2.05) is 6.92 Å². The Hall–Kier alpha value is -3.48. The molecular formula is C23H24N2O5. The third-order valence-electron chi connectivity index (χ3n) is 5.51. The van der Waals surface area contributed by atoms with Crippen molar-refractivity contribution in [3.05, 3.63) is 59.2 Å². The van der Waals surface area contributed by atoms with E-state index in [4.69, 9.17) is 0 Å². The SMILES string of the molecule is CC[C@H](C)[C@H](NC(=O)[C@H](C)NC(=O)c1cccc2c1-c1ccccc1C2=O)C(=O)O. The Morgan fingerprint density at radius 3 is 2.20 bits per heavy atom.